The lowest BCUT2D eigenvalue weighted by Gasteiger charge is -2.36. The van der Waals surface area contributed by atoms with Gasteiger partial charge in [0.1, 0.15) is 5.75 Å². The van der Waals surface area contributed by atoms with Gasteiger partial charge in [0, 0.05) is 44.5 Å². The Morgan fingerprint density at radius 2 is 1.67 bits per heavy atom. The molecule has 6 nitrogen and oxygen atoms in total. The third-order valence-electron chi connectivity index (χ3n) is 5.51. The molecule has 0 bridgehead atoms. The van der Waals surface area contributed by atoms with Crippen LogP contribution in [0.25, 0.3) is 11.4 Å². The van der Waals surface area contributed by atoms with Crippen LogP contribution in [0.5, 0.6) is 5.75 Å². The molecule has 0 saturated carbocycles. The fraction of sp³-hybridized carbons (Fsp3) is 0.391. The van der Waals surface area contributed by atoms with Gasteiger partial charge in [0.25, 0.3) is 0 Å². The van der Waals surface area contributed by atoms with Crippen molar-refractivity contribution in [3.05, 3.63) is 54.6 Å². The maximum absolute atomic E-state index is 5.52. The van der Waals surface area contributed by atoms with Crippen molar-refractivity contribution in [2.75, 3.05) is 50.5 Å². The molecule has 0 aliphatic carbocycles. The molecular formula is C23H29N5OS. The minimum atomic E-state index is 0.922. The summed E-state index contributed by atoms with van der Waals surface area (Å²) in [5, 5.41) is 9.73. The van der Waals surface area contributed by atoms with Gasteiger partial charge in [0.05, 0.1) is 12.8 Å². The van der Waals surface area contributed by atoms with E-state index in [4.69, 9.17) is 4.74 Å². The lowest BCUT2D eigenvalue weighted by molar-refractivity contribution is 0.258. The molecule has 4 rings (SSSR count). The Balaban J connectivity index is 1.22. The number of nitrogens with zero attached hydrogens (tertiary/aromatic N) is 5. The Labute approximate surface area is 182 Å². The number of methoxy groups -OCH3 is 1. The van der Waals surface area contributed by atoms with Crippen LogP contribution in [-0.2, 0) is 7.05 Å². The third kappa shape index (κ3) is 4.79. The van der Waals surface area contributed by atoms with E-state index >= 15 is 0 Å². The van der Waals surface area contributed by atoms with Crippen molar-refractivity contribution in [3.8, 4) is 17.1 Å². The zero-order chi connectivity index (χ0) is 20.8. The number of piperazine rings is 1. The molecule has 0 unspecified atom stereocenters. The molecule has 1 fully saturated rings. The molecule has 30 heavy (non-hydrogen) atoms. The van der Waals surface area contributed by atoms with Crippen LogP contribution in [-0.4, -0.2) is 65.3 Å². The molecule has 1 aliphatic rings. The summed E-state index contributed by atoms with van der Waals surface area (Å²) in [6, 6.07) is 18.5. The second-order valence-corrected chi connectivity index (χ2v) is 8.50. The third-order valence-corrected chi connectivity index (χ3v) is 6.62. The molecule has 0 amide bonds. The molecule has 0 atom stereocenters. The van der Waals surface area contributed by atoms with Crippen molar-refractivity contribution in [1.82, 2.24) is 19.7 Å². The maximum atomic E-state index is 5.52. The van der Waals surface area contributed by atoms with Gasteiger partial charge in [-0.15, -0.1) is 10.2 Å². The van der Waals surface area contributed by atoms with Gasteiger partial charge in [-0.2, -0.15) is 0 Å². The highest BCUT2D eigenvalue weighted by molar-refractivity contribution is 7.99. The maximum Gasteiger partial charge on any atom is 0.191 e. The molecule has 1 aliphatic heterocycles. The molecule has 7 heteroatoms. The van der Waals surface area contributed by atoms with E-state index in [1.54, 1.807) is 18.9 Å². The van der Waals surface area contributed by atoms with Gasteiger partial charge in [-0.05, 0) is 25.1 Å². The topological polar surface area (TPSA) is 46.4 Å². The van der Waals surface area contributed by atoms with Gasteiger partial charge in [0.15, 0.2) is 11.0 Å². The van der Waals surface area contributed by atoms with E-state index in [1.165, 1.54) is 5.69 Å². The molecule has 2 aromatic carbocycles. The number of aromatic nitrogens is 3. The lowest BCUT2D eigenvalue weighted by atomic mass is 10.2. The summed E-state index contributed by atoms with van der Waals surface area (Å²) in [7, 11) is 3.79. The Morgan fingerprint density at radius 3 is 2.43 bits per heavy atom. The first-order valence-corrected chi connectivity index (χ1v) is 11.4. The number of anilines is 1. The van der Waals surface area contributed by atoms with E-state index in [9.17, 15) is 0 Å². The minimum absolute atomic E-state index is 0.922. The molecule has 1 aromatic heterocycles. The molecule has 3 aromatic rings. The average molecular weight is 424 g/mol. The van der Waals surface area contributed by atoms with E-state index in [2.05, 4.69) is 48.8 Å². The first-order valence-electron chi connectivity index (χ1n) is 10.4. The number of thioether (sulfide) groups is 1. The summed E-state index contributed by atoms with van der Waals surface area (Å²) >= 11 is 1.79. The smallest absolute Gasteiger partial charge is 0.191 e. The van der Waals surface area contributed by atoms with E-state index in [1.807, 2.05) is 37.4 Å². The van der Waals surface area contributed by atoms with Crippen LogP contribution in [0.15, 0.2) is 59.8 Å². The Kier molecular flexibility index (Phi) is 6.92. The van der Waals surface area contributed by atoms with E-state index in [0.29, 0.717) is 0 Å². The van der Waals surface area contributed by atoms with E-state index < -0.39 is 0 Å². The average Bonchev–Trinajstić information content (AvgIpc) is 3.18. The monoisotopic (exact) mass is 423 g/mol. The predicted molar refractivity (Wildman–Crippen MR) is 123 cm³/mol. The van der Waals surface area contributed by atoms with Crippen LogP contribution in [0, 0.1) is 0 Å². The SMILES string of the molecule is COc1ccccc1N1CCN(CCCSc2nnc(-c3ccccc3)n2C)CC1. The number of rotatable bonds is 8. The number of hydrogen-bond donors (Lipinski definition) is 0. The number of benzene rings is 2. The second kappa shape index (κ2) is 10.00. The molecule has 0 spiro atoms. The normalized spacial score (nSPS) is 14.8. The standard InChI is InChI=1S/C23H29N5OS/c1-26-22(19-9-4-3-5-10-19)24-25-23(26)30-18-8-13-27-14-16-28(17-15-27)20-11-6-7-12-21(20)29-2/h3-7,9-12H,8,13-18H2,1-2H3. The zero-order valence-electron chi connectivity index (χ0n) is 17.7. The van der Waals surface area contributed by atoms with Crippen molar-refractivity contribution < 1.29 is 4.74 Å². The van der Waals surface area contributed by atoms with Gasteiger partial charge in [-0.1, -0.05) is 54.2 Å². The minimum Gasteiger partial charge on any atom is -0.495 e. The first-order chi connectivity index (χ1) is 14.8. The fourth-order valence-corrected chi connectivity index (χ4v) is 4.67. The quantitative estimate of drug-likeness (QED) is 0.406. The van der Waals surface area contributed by atoms with E-state index in [-0.39, 0.29) is 0 Å². The summed E-state index contributed by atoms with van der Waals surface area (Å²) in [5.41, 5.74) is 2.30. The lowest BCUT2D eigenvalue weighted by Crippen LogP contribution is -2.46. The fourth-order valence-electron chi connectivity index (χ4n) is 3.83. The molecule has 2 heterocycles. The number of ether oxygens (including phenoxy) is 1. The van der Waals surface area contributed by atoms with Crippen molar-refractivity contribution >= 4 is 17.4 Å². The Hall–Kier alpha value is -2.51. The molecule has 158 valence electrons. The highest BCUT2D eigenvalue weighted by Crippen LogP contribution is 2.28. The first kappa shape index (κ1) is 20.8. The van der Waals surface area contributed by atoms with Gasteiger partial charge >= 0.3 is 0 Å². The van der Waals surface area contributed by atoms with Gasteiger partial charge < -0.3 is 14.2 Å². The summed E-state index contributed by atoms with van der Waals surface area (Å²) in [6.07, 6.45) is 1.15. The van der Waals surface area contributed by atoms with Crippen LogP contribution in [0.4, 0.5) is 5.69 Å². The van der Waals surface area contributed by atoms with Crippen molar-refractivity contribution in [1.29, 1.82) is 0 Å². The Bertz CT molecular complexity index is 938. The van der Waals surface area contributed by atoms with Gasteiger partial charge in [-0.25, -0.2) is 0 Å². The number of hydrogen-bond acceptors (Lipinski definition) is 6. The van der Waals surface area contributed by atoms with Crippen molar-refractivity contribution in [2.24, 2.45) is 7.05 Å². The molecule has 0 N–H and O–H groups in total. The number of para-hydroxylation sites is 2. The van der Waals surface area contributed by atoms with Crippen LogP contribution in [0.2, 0.25) is 0 Å². The Morgan fingerprint density at radius 1 is 0.933 bits per heavy atom. The van der Waals surface area contributed by atoms with Crippen LogP contribution in [0.1, 0.15) is 6.42 Å². The van der Waals surface area contributed by atoms with Crippen LogP contribution >= 0.6 is 11.8 Å². The highest BCUT2D eigenvalue weighted by Gasteiger charge is 2.19. The summed E-state index contributed by atoms with van der Waals surface area (Å²) in [4.78, 5) is 4.98. The summed E-state index contributed by atoms with van der Waals surface area (Å²) in [5.74, 6) is 2.93. The second-order valence-electron chi connectivity index (χ2n) is 7.43. The van der Waals surface area contributed by atoms with E-state index in [0.717, 1.165) is 67.2 Å². The molecule has 0 radical (unpaired) electrons. The van der Waals surface area contributed by atoms with Crippen molar-refractivity contribution in [2.45, 2.75) is 11.6 Å². The summed E-state index contributed by atoms with van der Waals surface area (Å²) in [6.45, 7) is 5.38. The van der Waals surface area contributed by atoms with Gasteiger partial charge in [-0.3, -0.25) is 4.90 Å². The highest BCUT2D eigenvalue weighted by atomic mass is 32.2. The summed E-state index contributed by atoms with van der Waals surface area (Å²) < 4.78 is 7.60. The predicted octanol–water partition coefficient (Wildman–Crippen LogP) is 3.80. The largest absolute Gasteiger partial charge is 0.495 e. The molecule has 1 saturated heterocycles. The van der Waals surface area contributed by atoms with Crippen LogP contribution < -0.4 is 9.64 Å². The van der Waals surface area contributed by atoms with Crippen LogP contribution in [0.3, 0.4) is 0 Å². The van der Waals surface area contributed by atoms with Gasteiger partial charge in [0.2, 0.25) is 0 Å². The van der Waals surface area contributed by atoms with Crippen molar-refractivity contribution in [3.63, 3.8) is 0 Å². The molecular weight excluding hydrogens is 394 g/mol. The zero-order valence-corrected chi connectivity index (χ0v) is 18.5.